The first-order chi connectivity index (χ1) is 7.76. The molecule has 0 aliphatic heterocycles. The second-order valence-corrected chi connectivity index (χ2v) is 5.12. The SMILES string of the molecule is CCC(CC)NC(=O)CCC1CCCCC1. The number of carbonyl (C=O) groups is 1. The summed E-state index contributed by atoms with van der Waals surface area (Å²) >= 11 is 0. The number of rotatable bonds is 6. The Morgan fingerprint density at radius 1 is 1.19 bits per heavy atom. The van der Waals surface area contributed by atoms with Crippen molar-refractivity contribution in [3.63, 3.8) is 0 Å². The molecule has 0 atom stereocenters. The maximum Gasteiger partial charge on any atom is 0.220 e. The molecule has 0 aromatic heterocycles. The quantitative estimate of drug-likeness (QED) is 0.734. The highest BCUT2D eigenvalue weighted by Gasteiger charge is 2.15. The molecular weight excluding hydrogens is 198 g/mol. The maximum absolute atomic E-state index is 11.7. The molecule has 0 saturated heterocycles. The highest BCUT2D eigenvalue weighted by Crippen LogP contribution is 2.27. The van der Waals surface area contributed by atoms with Crippen LogP contribution >= 0.6 is 0 Å². The lowest BCUT2D eigenvalue weighted by molar-refractivity contribution is -0.122. The van der Waals surface area contributed by atoms with Gasteiger partial charge in [-0.3, -0.25) is 4.79 Å². The number of hydrogen-bond donors (Lipinski definition) is 1. The van der Waals surface area contributed by atoms with Crippen LogP contribution in [0, 0.1) is 5.92 Å². The monoisotopic (exact) mass is 225 g/mol. The van der Waals surface area contributed by atoms with E-state index in [2.05, 4.69) is 19.2 Å². The Morgan fingerprint density at radius 3 is 2.38 bits per heavy atom. The van der Waals surface area contributed by atoms with Crippen LogP contribution in [0.4, 0.5) is 0 Å². The molecule has 16 heavy (non-hydrogen) atoms. The summed E-state index contributed by atoms with van der Waals surface area (Å²) in [7, 11) is 0. The van der Waals surface area contributed by atoms with Gasteiger partial charge < -0.3 is 5.32 Å². The van der Waals surface area contributed by atoms with Crippen LogP contribution in [-0.4, -0.2) is 11.9 Å². The van der Waals surface area contributed by atoms with Crippen molar-refractivity contribution in [1.82, 2.24) is 5.32 Å². The third-order valence-corrected chi connectivity index (χ3v) is 3.86. The summed E-state index contributed by atoms with van der Waals surface area (Å²) in [6.45, 7) is 4.27. The topological polar surface area (TPSA) is 29.1 Å². The predicted octanol–water partition coefficient (Wildman–Crippen LogP) is 3.65. The molecule has 0 bridgehead atoms. The number of hydrogen-bond acceptors (Lipinski definition) is 1. The zero-order valence-electron chi connectivity index (χ0n) is 10.9. The van der Waals surface area contributed by atoms with E-state index in [1.807, 2.05) is 0 Å². The normalized spacial score (nSPS) is 17.7. The molecule has 0 radical (unpaired) electrons. The van der Waals surface area contributed by atoms with E-state index < -0.39 is 0 Å². The van der Waals surface area contributed by atoms with Crippen LogP contribution in [0.5, 0.6) is 0 Å². The van der Waals surface area contributed by atoms with Crippen LogP contribution in [0.25, 0.3) is 0 Å². The fraction of sp³-hybridized carbons (Fsp3) is 0.929. The summed E-state index contributed by atoms with van der Waals surface area (Å²) in [5, 5.41) is 3.12. The van der Waals surface area contributed by atoms with Crippen molar-refractivity contribution >= 4 is 5.91 Å². The highest BCUT2D eigenvalue weighted by atomic mass is 16.1. The van der Waals surface area contributed by atoms with E-state index in [9.17, 15) is 4.79 Å². The fourth-order valence-electron chi connectivity index (χ4n) is 2.60. The summed E-state index contributed by atoms with van der Waals surface area (Å²) < 4.78 is 0. The van der Waals surface area contributed by atoms with E-state index in [4.69, 9.17) is 0 Å². The van der Waals surface area contributed by atoms with Crippen molar-refractivity contribution in [3.05, 3.63) is 0 Å². The zero-order chi connectivity index (χ0) is 11.8. The first-order valence-corrected chi connectivity index (χ1v) is 7.05. The Kier molecular flexibility index (Phi) is 6.51. The van der Waals surface area contributed by atoms with Gasteiger partial charge in [-0.05, 0) is 25.2 Å². The van der Waals surface area contributed by atoms with Gasteiger partial charge in [0, 0.05) is 12.5 Å². The van der Waals surface area contributed by atoms with Gasteiger partial charge in [0.1, 0.15) is 0 Å². The van der Waals surface area contributed by atoms with Crippen LogP contribution in [0.3, 0.4) is 0 Å². The summed E-state index contributed by atoms with van der Waals surface area (Å²) in [5.41, 5.74) is 0. The molecule has 0 spiro atoms. The lowest BCUT2D eigenvalue weighted by Crippen LogP contribution is -2.33. The third-order valence-electron chi connectivity index (χ3n) is 3.86. The largest absolute Gasteiger partial charge is 0.353 e. The molecule has 0 aromatic rings. The van der Waals surface area contributed by atoms with Gasteiger partial charge in [0.25, 0.3) is 0 Å². The van der Waals surface area contributed by atoms with Gasteiger partial charge in [-0.25, -0.2) is 0 Å². The van der Waals surface area contributed by atoms with Crippen molar-refractivity contribution in [3.8, 4) is 0 Å². The molecule has 1 saturated carbocycles. The average molecular weight is 225 g/mol. The molecule has 1 aliphatic rings. The van der Waals surface area contributed by atoms with Crippen LogP contribution in [0.2, 0.25) is 0 Å². The van der Waals surface area contributed by atoms with Crippen LogP contribution in [0.1, 0.15) is 71.6 Å². The molecule has 0 unspecified atom stereocenters. The second-order valence-electron chi connectivity index (χ2n) is 5.12. The standard InChI is InChI=1S/C14H27NO/c1-3-13(4-2)15-14(16)11-10-12-8-6-5-7-9-12/h12-13H,3-11H2,1-2H3,(H,15,16). The van der Waals surface area contributed by atoms with Gasteiger partial charge in [0.15, 0.2) is 0 Å². The number of nitrogens with one attached hydrogen (secondary N) is 1. The van der Waals surface area contributed by atoms with E-state index in [0.29, 0.717) is 6.04 Å². The average Bonchev–Trinajstić information content (AvgIpc) is 2.34. The zero-order valence-corrected chi connectivity index (χ0v) is 10.9. The summed E-state index contributed by atoms with van der Waals surface area (Å²) in [6, 6.07) is 0.388. The molecule has 1 amide bonds. The molecule has 1 rings (SSSR count). The van der Waals surface area contributed by atoms with E-state index in [-0.39, 0.29) is 5.91 Å². The summed E-state index contributed by atoms with van der Waals surface area (Å²) in [6.07, 6.45) is 10.8. The first-order valence-electron chi connectivity index (χ1n) is 7.05. The van der Waals surface area contributed by atoms with Gasteiger partial charge >= 0.3 is 0 Å². The maximum atomic E-state index is 11.7. The smallest absolute Gasteiger partial charge is 0.220 e. The van der Waals surface area contributed by atoms with Gasteiger partial charge in [-0.15, -0.1) is 0 Å². The molecule has 0 aromatic carbocycles. The predicted molar refractivity (Wildman–Crippen MR) is 68.3 cm³/mol. The first kappa shape index (κ1) is 13.5. The molecule has 2 heteroatoms. The molecule has 1 fully saturated rings. The van der Waals surface area contributed by atoms with Gasteiger partial charge in [-0.2, -0.15) is 0 Å². The Balaban J connectivity index is 2.13. The van der Waals surface area contributed by atoms with Crippen molar-refractivity contribution in [1.29, 1.82) is 0 Å². The minimum absolute atomic E-state index is 0.263. The minimum Gasteiger partial charge on any atom is -0.353 e. The molecule has 2 nitrogen and oxygen atoms in total. The third kappa shape index (κ3) is 5.00. The van der Waals surface area contributed by atoms with E-state index in [1.165, 1.54) is 32.1 Å². The molecular formula is C14H27NO. The molecule has 1 N–H and O–H groups in total. The van der Waals surface area contributed by atoms with Crippen molar-refractivity contribution in [2.45, 2.75) is 77.7 Å². The van der Waals surface area contributed by atoms with Gasteiger partial charge in [0.05, 0.1) is 0 Å². The minimum atomic E-state index is 0.263. The summed E-state index contributed by atoms with van der Waals surface area (Å²) in [4.78, 5) is 11.7. The van der Waals surface area contributed by atoms with Crippen LogP contribution in [0.15, 0.2) is 0 Å². The van der Waals surface area contributed by atoms with E-state index >= 15 is 0 Å². The van der Waals surface area contributed by atoms with E-state index in [0.717, 1.165) is 31.6 Å². The van der Waals surface area contributed by atoms with Crippen molar-refractivity contribution < 1.29 is 4.79 Å². The van der Waals surface area contributed by atoms with Crippen LogP contribution < -0.4 is 5.32 Å². The fourth-order valence-corrected chi connectivity index (χ4v) is 2.60. The van der Waals surface area contributed by atoms with Gasteiger partial charge in [-0.1, -0.05) is 46.0 Å². The number of carbonyl (C=O) groups excluding carboxylic acids is 1. The Labute approximate surface area is 100 Å². The van der Waals surface area contributed by atoms with Crippen molar-refractivity contribution in [2.75, 3.05) is 0 Å². The second kappa shape index (κ2) is 7.70. The van der Waals surface area contributed by atoms with E-state index in [1.54, 1.807) is 0 Å². The molecule has 1 aliphatic carbocycles. The summed E-state index contributed by atoms with van der Waals surface area (Å²) in [5.74, 6) is 1.08. The number of amides is 1. The molecule has 94 valence electrons. The van der Waals surface area contributed by atoms with Crippen LogP contribution in [-0.2, 0) is 4.79 Å². The lowest BCUT2D eigenvalue weighted by atomic mass is 9.86. The molecule has 0 heterocycles. The highest BCUT2D eigenvalue weighted by molar-refractivity contribution is 5.76. The lowest BCUT2D eigenvalue weighted by Gasteiger charge is -2.21. The van der Waals surface area contributed by atoms with Crippen molar-refractivity contribution in [2.24, 2.45) is 5.92 Å². The van der Waals surface area contributed by atoms with Gasteiger partial charge in [0.2, 0.25) is 5.91 Å². The Bertz CT molecular complexity index is 193. The Morgan fingerprint density at radius 2 is 1.81 bits per heavy atom. The Hall–Kier alpha value is -0.530.